The fourth-order valence-electron chi connectivity index (χ4n) is 3.01. The number of anilines is 1. The molecule has 2 amide bonds. The molecule has 5 heteroatoms. The predicted octanol–water partition coefficient (Wildman–Crippen LogP) is 3.53. The van der Waals surface area contributed by atoms with Gasteiger partial charge in [-0.15, -0.1) is 0 Å². The number of amides is 2. The first-order valence-electron chi connectivity index (χ1n) is 8.40. The topological polar surface area (TPSA) is 49.4 Å². The van der Waals surface area contributed by atoms with Crippen molar-refractivity contribution in [1.82, 2.24) is 5.32 Å². The summed E-state index contributed by atoms with van der Waals surface area (Å²) in [5.41, 5.74) is 3.06. The van der Waals surface area contributed by atoms with Crippen LogP contribution in [0.2, 0.25) is 0 Å². The molecular weight excluding hydrogens is 332 g/mol. The van der Waals surface area contributed by atoms with Gasteiger partial charge in [0.15, 0.2) is 4.75 Å². The zero-order chi connectivity index (χ0) is 18.0. The molecule has 1 unspecified atom stereocenters. The highest BCUT2D eigenvalue weighted by molar-refractivity contribution is 8.02. The molecule has 1 atom stereocenters. The van der Waals surface area contributed by atoms with Crippen molar-refractivity contribution in [3.63, 3.8) is 0 Å². The van der Waals surface area contributed by atoms with Gasteiger partial charge in [0, 0.05) is 18.0 Å². The van der Waals surface area contributed by atoms with Crippen molar-refractivity contribution in [2.75, 3.05) is 11.4 Å². The average molecular weight is 354 g/mol. The van der Waals surface area contributed by atoms with Crippen LogP contribution in [0.4, 0.5) is 5.69 Å². The molecule has 0 radical (unpaired) electrons. The molecule has 0 aliphatic carbocycles. The Kier molecular flexibility index (Phi) is 4.86. The van der Waals surface area contributed by atoms with Crippen LogP contribution in [0.15, 0.2) is 53.4 Å². The zero-order valence-electron chi connectivity index (χ0n) is 14.7. The number of nitrogens with one attached hydrogen (secondary N) is 1. The summed E-state index contributed by atoms with van der Waals surface area (Å²) in [5.74, 6) is -0.417. The third-order valence-corrected chi connectivity index (χ3v) is 5.91. The van der Waals surface area contributed by atoms with E-state index in [4.69, 9.17) is 0 Å². The molecule has 1 aliphatic rings. The highest BCUT2D eigenvalue weighted by Gasteiger charge is 2.48. The van der Waals surface area contributed by atoms with Gasteiger partial charge in [0.1, 0.15) is 0 Å². The summed E-state index contributed by atoms with van der Waals surface area (Å²) >= 11 is 1.33. The summed E-state index contributed by atoms with van der Waals surface area (Å²) in [4.78, 5) is 28.6. The van der Waals surface area contributed by atoms with Crippen LogP contribution >= 0.6 is 11.8 Å². The van der Waals surface area contributed by atoms with Crippen LogP contribution in [0.5, 0.6) is 0 Å². The van der Waals surface area contributed by atoms with Gasteiger partial charge in [-0.2, -0.15) is 0 Å². The van der Waals surface area contributed by atoms with Crippen LogP contribution < -0.4 is 10.2 Å². The number of nitrogens with zero attached hydrogens (tertiary/aromatic N) is 1. The summed E-state index contributed by atoms with van der Waals surface area (Å²) in [6.45, 7) is 6.61. The lowest BCUT2D eigenvalue weighted by Crippen LogP contribution is -2.56. The van der Waals surface area contributed by atoms with Crippen LogP contribution in [0, 0.1) is 6.92 Å². The molecule has 2 aromatic carbocycles. The van der Waals surface area contributed by atoms with Gasteiger partial charge in [-0.25, -0.2) is 0 Å². The third kappa shape index (κ3) is 3.16. The molecule has 2 aromatic rings. The normalized spacial score (nSPS) is 19.5. The number of hydrogen-bond donors (Lipinski definition) is 1. The molecule has 1 heterocycles. The maximum atomic E-state index is 13.0. The first-order valence-corrected chi connectivity index (χ1v) is 9.22. The van der Waals surface area contributed by atoms with Crippen LogP contribution in [-0.4, -0.2) is 23.1 Å². The van der Waals surface area contributed by atoms with Crippen molar-refractivity contribution < 1.29 is 9.59 Å². The molecule has 1 N–H and O–H groups in total. The zero-order valence-corrected chi connectivity index (χ0v) is 15.5. The molecule has 3 rings (SSSR count). The number of rotatable bonds is 4. The molecule has 0 aromatic heterocycles. The Morgan fingerprint density at radius 2 is 1.84 bits per heavy atom. The van der Waals surface area contributed by atoms with Crippen molar-refractivity contribution in [2.24, 2.45) is 0 Å². The second-order valence-corrected chi connectivity index (χ2v) is 7.72. The van der Waals surface area contributed by atoms with E-state index in [0.29, 0.717) is 13.1 Å². The Labute approximate surface area is 152 Å². The van der Waals surface area contributed by atoms with E-state index in [2.05, 4.69) is 5.32 Å². The van der Waals surface area contributed by atoms with Crippen LogP contribution in [0.25, 0.3) is 0 Å². The summed E-state index contributed by atoms with van der Waals surface area (Å²) in [6.07, 6.45) is 0. The van der Waals surface area contributed by atoms with E-state index in [-0.39, 0.29) is 11.8 Å². The van der Waals surface area contributed by atoms with E-state index in [1.165, 1.54) is 11.8 Å². The van der Waals surface area contributed by atoms with Gasteiger partial charge in [-0.3, -0.25) is 9.59 Å². The van der Waals surface area contributed by atoms with Gasteiger partial charge >= 0.3 is 0 Å². The molecule has 0 fully saturated rings. The van der Waals surface area contributed by atoms with Crippen molar-refractivity contribution in [3.8, 4) is 0 Å². The fourth-order valence-corrected chi connectivity index (χ4v) is 4.24. The summed E-state index contributed by atoms with van der Waals surface area (Å²) in [6, 6.07) is 15.7. The Morgan fingerprint density at radius 3 is 2.56 bits per heavy atom. The van der Waals surface area contributed by atoms with E-state index in [1.54, 1.807) is 11.8 Å². The second-order valence-electron chi connectivity index (χ2n) is 6.26. The number of benzene rings is 2. The van der Waals surface area contributed by atoms with Gasteiger partial charge < -0.3 is 10.2 Å². The maximum absolute atomic E-state index is 13.0. The molecule has 4 nitrogen and oxygen atoms in total. The minimum atomic E-state index is -1.16. The van der Waals surface area contributed by atoms with Crippen molar-refractivity contribution in [2.45, 2.75) is 37.0 Å². The van der Waals surface area contributed by atoms with Crippen LogP contribution in [0.1, 0.15) is 25.0 Å². The number of aryl methyl sites for hydroxylation is 1. The van der Waals surface area contributed by atoms with Crippen molar-refractivity contribution in [3.05, 3.63) is 59.7 Å². The maximum Gasteiger partial charge on any atom is 0.252 e. The lowest BCUT2D eigenvalue weighted by Gasteiger charge is -2.38. The lowest BCUT2D eigenvalue weighted by atomic mass is 10.1. The Hall–Kier alpha value is -2.27. The van der Waals surface area contributed by atoms with E-state index in [0.717, 1.165) is 21.7 Å². The van der Waals surface area contributed by atoms with Gasteiger partial charge in [0.05, 0.1) is 5.69 Å². The number of carbonyl (C=O) groups excluding carboxylic acids is 2. The number of carbonyl (C=O) groups is 2. The second kappa shape index (κ2) is 6.92. The fraction of sp³-hybridized carbons (Fsp3) is 0.300. The number of para-hydroxylation sites is 1. The van der Waals surface area contributed by atoms with E-state index >= 15 is 0 Å². The minimum Gasteiger partial charge on any atom is -0.350 e. The highest BCUT2D eigenvalue weighted by Crippen LogP contribution is 2.45. The Bertz CT molecular complexity index is 821. The van der Waals surface area contributed by atoms with Gasteiger partial charge in [0.25, 0.3) is 5.91 Å². The van der Waals surface area contributed by atoms with Crippen molar-refractivity contribution in [1.29, 1.82) is 0 Å². The van der Waals surface area contributed by atoms with E-state index in [1.807, 2.05) is 62.4 Å². The van der Waals surface area contributed by atoms with Crippen molar-refractivity contribution >= 4 is 29.3 Å². The first-order chi connectivity index (χ1) is 12.0. The predicted molar refractivity (Wildman–Crippen MR) is 102 cm³/mol. The SMILES string of the molecule is CCN1C(=O)C(C)(C(=O)NCc2ccccc2C)Sc2ccccc21. The lowest BCUT2D eigenvalue weighted by molar-refractivity contribution is -0.131. The summed E-state index contributed by atoms with van der Waals surface area (Å²) < 4.78 is -1.16. The van der Waals surface area contributed by atoms with Gasteiger partial charge in [0.2, 0.25) is 5.91 Å². The highest BCUT2D eigenvalue weighted by atomic mass is 32.2. The molecule has 0 bridgehead atoms. The number of hydrogen-bond acceptors (Lipinski definition) is 3. The Morgan fingerprint density at radius 1 is 1.16 bits per heavy atom. The van der Waals surface area contributed by atoms with Gasteiger partial charge in [-0.05, 0) is 44.0 Å². The average Bonchev–Trinajstić information content (AvgIpc) is 2.62. The summed E-state index contributed by atoms with van der Waals surface area (Å²) in [7, 11) is 0. The smallest absolute Gasteiger partial charge is 0.252 e. The Balaban J connectivity index is 1.84. The van der Waals surface area contributed by atoms with Gasteiger partial charge in [-0.1, -0.05) is 48.2 Å². The van der Waals surface area contributed by atoms with E-state index < -0.39 is 4.75 Å². The monoisotopic (exact) mass is 354 g/mol. The van der Waals surface area contributed by atoms with Crippen LogP contribution in [-0.2, 0) is 16.1 Å². The summed E-state index contributed by atoms with van der Waals surface area (Å²) in [5, 5.41) is 2.95. The molecule has 25 heavy (non-hydrogen) atoms. The molecular formula is C20H22N2O2S. The third-order valence-electron chi connectivity index (χ3n) is 4.57. The number of fused-ring (bicyclic) bond motifs is 1. The standard InChI is InChI=1S/C20H22N2O2S/c1-4-22-16-11-7-8-12-17(16)25-20(3,19(22)24)18(23)21-13-15-10-6-5-9-14(15)2/h5-12H,4,13H2,1-3H3,(H,21,23). The number of thioether (sulfide) groups is 1. The quantitative estimate of drug-likeness (QED) is 0.855. The van der Waals surface area contributed by atoms with Crippen LogP contribution in [0.3, 0.4) is 0 Å². The molecule has 130 valence electrons. The minimum absolute atomic E-state index is 0.166. The van der Waals surface area contributed by atoms with E-state index in [9.17, 15) is 9.59 Å². The molecule has 1 aliphatic heterocycles. The first kappa shape index (κ1) is 17.5. The molecule has 0 saturated heterocycles. The molecule has 0 saturated carbocycles. The largest absolute Gasteiger partial charge is 0.350 e. The molecule has 0 spiro atoms.